The van der Waals surface area contributed by atoms with Crippen molar-refractivity contribution in [1.29, 1.82) is 0 Å². The van der Waals surface area contributed by atoms with Crippen molar-refractivity contribution in [3.05, 3.63) is 70.2 Å². The van der Waals surface area contributed by atoms with Gasteiger partial charge in [-0.3, -0.25) is 4.79 Å². The first kappa shape index (κ1) is 17.9. The van der Waals surface area contributed by atoms with Crippen molar-refractivity contribution < 1.29 is 23.1 Å². The van der Waals surface area contributed by atoms with Crippen LogP contribution >= 0.6 is 11.6 Å². The fourth-order valence-electron chi connectivity index (χ4n) is 2.13. The van der Waals surface area contributed by atoms with Gasteiger partial charge in [-0.05, 0) is 23.8 Å². The number of methoxy groups -OCH3 is 1. The molecule has 0 saturated carbocycles. The van der Waals surface area contributed by atoms with Gasteiger partial charge in [0, 0.05) is 11.4 Å². The first-order valence-corrected chi connectivity index (χ1v) is 7.38. The van der Waals surface area contributed by atoms with Crippen molar-refractivity contribution in [1.82, 2.24) is 5.32 Å². The summed E-state index contributed by atoms with van der Waals surface area (Å²) in [5.74, 6) is -4.07. The van der Waals surface area contributed by atoms with E-state index in [2.05, 4.69) is 10.1 Å². The van der Waals surface area contributed by atoms with Crippen LogP contribution in [0, 0.1) is 11.6 Å². The number of benzene rings is 2. The van der Waals surface area contributed by atoms with Crippen LogP contribution in [0.2, 0.25) is 5.02 Å². The summed E-state index contributed by atoms with van der Waals surface area (Å²) in [5.41, 5.74) is 0.109. The summed E-state index contributed by atoms with van der Waals surface area (Å²) in [6.45, 7) is 0. The second kappa shape index (κ2) is 7.88. The molecule has 7 heteroatoms. The molecule has 126 valence electrons. The Morgan fingerprint density at radius 3 is 2.54 bits per heavy atom. The average molecular weight is 354 g/mol. The van der Waals surface area contributed by atoms with Gasteiger partial charge in [-0.25, -0.2) is 13.6 Å². The molecule has 0 aliphatic carbocycles. The number of halogens is 3. The second-order valence-electron chi connectivity index (χ2n) is 4.95. The minimum absolute atomic E-state index is 0.0506. The predicted octanol–water partition coefficient (Wildman–Crippen LogP) is 3.13. The first-order valence-electron chi connectivity index (χ1n) is 7.00. The van der Waals surface area contributed by atoms with Crippen molar-refractivity contribution in [2.45, 2.75) is 12.5 Å². The van der Waals surface area contributed by atoms with Crippen LogP contribution in [0.1, 0.15) is 15.9 Å². The summed E-state index contributed by atoms with van der Waals surface area (Å²) < 4.78 is 31.6. The van der Waals surface area contributed by atoms with Crippen molar-refractivity contribution in [2.75, 3.05) is 7.11 Å². The summed E-state index contributed by atoms with van der Waals surface area (Å²) in [4.78, 5) is 24.1. The summed E-state index contributed by atoms with van der Waals surface area (Å²) >= 11 is 6.04. The highest BCUT2D eigenvalue weighted by atomic mass is 35.5. The zero-order valence-electron chi connectivity index (χ0n) is 12.7. The molecule has 0 aromatic heterocycles. The molecule has 2 aromatic rings. The lowest BCUT2D eigenvalue weighted by molar-refractivity contribution is -0.142. The molecule has 0 fully saturated rings. The Bertz CT molecular complexity index is 767. The molecule has 1 N–H and O–H groups in total. The molecular formula is C17H14ClF2NO3. The van der Waals surface area contributed by atoms with Crippen molar-refractivity contribution in [3.63, 3.8) is 0 Å². The SMILES string of the molecule is COC(=O)[C@H](Cc1ccccc1Cl)NC(=O)c1cccc(F)c1F. The summed E-state index contributed by atoms with van der Waals surface area (Å²) in [7, 11) is 1.16. The normalized spacial score (nSPS) is 11.7. The van der Waals surface area contributed by atoms with Crippen molar-refractivity contribution in [3.8, 4) is 0 Å². The van der Waals surface area contributed by atoms with Crippen LogP contribution in [-0.4, -0.2) is 25.0 Å². The standard InChI is InChI=1S/C17H14ClF2NO3/c1-24-17(23)14(9-10-5-2-3-7-12(10)18)21-16(22)11-6-4-8-13(19)15(11)20/h2-8,14H,9H2,1H3,(H,21,22)/t14-/m0/s1. The summed E-state index contributed by atoms with van der Waals surface area (Å²) in [6, 6.07) is 8.90. The molecule has 0 radical (unpaired) electrons. The fraction of sp³-hybridized carbons (Fsp3) is 0.176. The number of carbonyl (C=O) groups is 2. The molecule has 0 saturated heterocycles. The molecule has 0 aliphatic heterocycles. The minimum atomic E-state index is -1.28. The smallest absolute Gasteiger partial charge is 0.328 e. The van der Waals surface area contributed by atoms with Gasteiger partial charge in [0.2, 0.25) is 0 Å². The lowest BCUT2D eigenvalue weighted by Gasteiger charge is -2.17. The Balaban J connectivity index is 2.23. The predicted molar refractivity (Wildman–Crippen MR) is 84.8 cm³/mol. The molecule has 0 spiro atoms. The van der Waals surface area contributed by atoms with Crippen LogP contribution in [0.15, 0.2) is 42.5 Å². The van der Waals surface area contributed by atoms with Crippen molar-refractivity contribution >= 4 is 23.5 Å². The lowest BCUT2D eigenvalue weighted by atomic mass is 10.1. The summed E-state index contributed by atoms with van der Waals surface area (Å²) in [6.07, 6.45) is 0.0506. The number of carbonyl (C=O) groups excluding carboxylic acids is 2. The van der Waals surface area contributed by atoms with E-state index in [1.807, 2.05) is 0 Å². The van der Waals surface area contributed by atoms with Gasteiger partial charge in [0.05, 0.1) is 12.7 Å². The zero-order valence-corrected chi connectivity index (χ0v) is 13.4. The highest BCUT2D eigenvalue weighted by molar-refractivity contribution is 6.31. The van der Waals surface area contributed by atoms with Crippen LogP contribution in [0.3, 0.4) is 0 Å². The quantitative estimate of drug-likeness (QED) is 0.840. The average Bonchev–Trinajstić information content (AvgIpc) is 2.57. The maximum Gasteiger partial charge on any atom is 0.328 e. The van der Waals surface area contributed by atoms with E-state index in [4.69, 9.17) is 11.6 Å². The third kappa shape index (κ3) is 4.08. The van der Waals surface area contributed by atoms with E-state index in [9.17, 15) is 18.4 Å². The third-order valence-corrected chi connectivity index (χ3v) is 3.74. The van der Waals surface area contributed by atoms with Gasteiger partial charge < -0.3 is 10.1 Å². The minimum Gasteiger partial charge on any atom is -0.467 e. The van der Waals surface area contributed by atoms with Gasteiger partial charge in [0.1, 0.15) is 6.04 Å². The number of ether oxygens (including phenoxy) is 1. The van der Waals surface area contributed by atoms with Gasteiger partial charge in [-0.15, -0.1) is 0 Å². The zero-order chi connectivity index (χ0) is 17.7. The van der Waals surface area contributed by atoms with E-state index in [-0.39, 0.29) is 6.42 Å². The van der Waals surface area contributed by atoms with E-state index in [1.165, 1.54) is 6.07 Å². The van der Waals surface area contributed by atoms with Crippen LogP contribution < -0.4 is 5.32 Å². The Kier molecular flexibility index (Phi) is 5.87. The molecule has 2 aromatic carbocycles. The maximum atomic E-state index is 13.7. The highest BCUT2D eigenvalue weighted by Crippen LogP contribution is 2.18. The van der Waals surface area contributed by atoms with Gasteiger partial charge in [-0.2, -0.15) is 0 Å². The largest absolute Gasteiger partial charge is 0.467 e. The summed E-state index contributed by atoms with van der Waals surface area (Å²) in [5, 5.41) is 2.76. The molecule has 0 heterocycles. The van der Waals surface area contributed by atoms with E-state index in [0.29, 0.717) is 10.6 Å². The number of nitrogens with one attached hydrogen (secondary N) is 1. The van der Waals surface area contributed by atoms with E-state index < -0.39 is 35.1 Å². The van der Waals surface area contributed by atoms with Crippen LogP contribution in [0.4, 0.5) is 8.78 Å². The van der Waals surface area contributed by atoms with E-state index in [1.54, 1.807) is 24.3 Å². The molecule has 1 amide bonds. The Labute approximate surface area is 142 Å². The fourth-order valence-corrected chi connectivity index (χ4v) is 2.35. The monoisotopic (exact) mass is 353 g/mol. The van der Waals surface area contributed by atoms with E-state index >= 15 is 0 Å². The van der Waals surface area contributed by atoms with Gasteiger partial charge in [-0.1, -0.05) is 35.9 Å². The molecular weight excluding hydrogens is 340 g/mol. The maximum absolute atomic E-state index is 13.7. The van der Waals surface area contributed by atoms with E-state index in [0.717, 1.165) is 19.2 Å². The molecule has 1 atom stereocenters. The van der Waals surface area contributed by atoms with Gasteiger partial charge >= 0.3 is 5.97 Å². The first-order chi connectivity index (χ1) is 11.4. The highest BCUT2D eigenvalue weighted by Gasteiger charge is 2.25. The molecule has 4 nitrogen and oxygen atoms in total. The van der Waals surface area contributed by atoms with Gasteiger partial charge in [0.15, 0.2) is 11.6 Å². The van der Waals surface area contributed by atoms with Crippen molar-refractivity contribution in [2.24, 2.45) is 0 Å². The number of amides is 1. The number of hydrogen-bond donors (Lipinski definition) is 1. The topological polar surface area (TPSA) is 55.4 Å². The molecule has 0 unspecified atom stereocenters. The number of rotatable bonds is 5. The van der Waals surface area contributed by atoms with Gasteiger partial charge in [0.25, 0.3) is 5.91 Å². The second-order valence-corrected chi connectivity index (χ2v) is 5.35. The Morgan fingerprint density at radius 1 is 1.17 bits per heavy atom. The molecule has 2 rings (SSSR count). The molecule has 24 heavy (non-hydrogen) atoms. The molecule has 0 bridgehead atoms. The Hall–Kier alpha value is -2.47. The Morgan fingerprint density at radius 2 is 1.88 bits per heavy atom. The lowest BCUT2D eigenvalue weighted by Crippen LogP contribution is -2.43. The number of esters is 1. The third-order valence-electron chi connectivity index (χ3n) is 3.37. The molecule has 0 aliphatic rings. The van der Waals surface area contributed by atoms with Crippen LogP contribution in [0.5, 0.6) is 0 Å². The van der Waals surface area contributed by atoms with Crippen LogP contribution in [0.25, 0.3) is 0 Å². The van der Waals surface area contributed by atoms with Crippen LogP contribution in [-0.2, 0) is 16.0 Å². The number of hydrogen-bond acceptors (Lipinski definition) is 3.